The molecule has 2 aliphatic heterocycles. The first-order valence-corrected chi connectivity index (χ1v) is 23.2. The number of aromatic nitrogens is 2. The fraction of sp³-hybridized carbons (Fsp3) is 0.474. The molecule has 6 rings (SSSR count). The lowest BCUT2D eigenvalue weighted by molar-refractivity contribution is -0.116. The van der Waals surface area contributed by atoms with E-state index in [1.165, 1.54) is 22.7 Å². The highest BCUT2D eigenvalue weighted by molar-refractivity contribution is 7.89. The van der Waals surface area contributed by atoms with Crippen LogP contribution in [-0.4, -0.2) is 73.4 Å². The first kappa shape index (κ1) is 41.6. The Kier molecular flexibility index (Phi) is 14.5. The summed E-state index contributed by atoms with van der Waals surface area (Å²) in [5, 5.41) is 10.4. The van der Waals surface area contributed by atoms with Gasteiger partial charge in [-0.2, -0.15) is 8.61 Å². The number of amides is 2. The van der Waals surface area contributed by atoms with E-state index in [-0.39, 0.29) is 14.7 Å². The normalized spacial score (nSPS) is 16.4. The van der Waals surface area contributed by atoms with E-state index in [0.717, 1.165) is 61.0 Å². The molecule has 296 valence electrons. The Morgan fingerprint density at radius 1 is 0.685 bits per heavy atom. The quantitative estimate of drug-likeness (QED) is 0.144. The van der Waals surface area contributed by atoms with E-state index in [9.17, 15) is 26.4 Å². The van der Waals surface area contributed by atoms with Gasteiger partial charge in [-0.1, -0.05) is 58.4 Å². The smallest absolute Gasteiger partial charge is 0.243 e. The third kappa shape index (κ3) is 10.8. The van der Waals surface area contributed by atoms with Crippen molar-refractivity contribution in [1.82, 2.24) is 18.6 Å². The molecule has 2 aliphatic rings. The third-order valence-electron chi connectivity index (χ3n) is 9.64. The van der Waals surface area contributed by atoms with Crippen LogP contribution in [0.4, 0.5) is 10.3 Å². The number of thiazole rings is 2. The maximum Gasteiger partial charge on any atom is 0.243 e. The van der Waals surface area contributed by atoms with Crippen molar-refractivity contribution in [2.75, 3.05) is 36.8 Å². The highest BCUT2D eigenvalue weighted by atomic mass is 32.2. The number of nitrogens with one attached hydrogen (secondary N) is 2. The van der Waals surface area contributed by atoms with Gasteiger partial charge in [0, 0.05) is 63.8 Å². The molecule has 2 N–H and O–H groups in total. The van der Waals surface area contributed by atoms with Crippen LogP contribution in [0.2, 0.25) is 0 Å². The topological polar surface area (TPSA) is 159 Å². The standard InChI is InChI=1S/C20H27N3O3S2.C18H23N3O3S2.2H2/c1-3-4-5-19(24)22-20-21-18(14-27-20)16-6-8-17(9-7-16)28(25,26)23-12-10-15(2)11-13-23;1-3-17(22)20-18-19-16(12-25-18)14-4-6-15(7-5-14)26(23,24)21-10-8-13(2)9-11-21;;/h6-9,14-15H,3-5,10-13H2,1-2H3,(H,21,22,24);4-7,12-13H,3,8-11H2,1-2H3,(H,19,20,22);2*1H. The van der Waals surface area contributed by atoms with Crippen LogP contribution in [0.1, 0.15) is 81.9 Å². The number of nitrogens with zero attached hydrogens (tertiary/aromatic N) is 4. The number of anilines is 2. The summed E-state index contributed by atoms with van der Waals surface area (Å²) < 4.78 is 54.3. The van der Waals surface area contributed by atoms with Crippen LogP contribution in [0.15, 0.2) is 69.1 Å². The summed E-state index contributed by atoms with van der Waals surface area (Å²) in [7, 11) is -6.89. The van der Waals surface area contributed by atoms with Gasteiger partial charge >= 0.3 is 0 Å². The number of hydrogen-bond acceptors (Lipinski definition) is 10. The van der Waals surface area contributed by atoms with Crippen molar-refractivity contribution < 1.29 is 29.3 Å². The van der Waals surface area contributed by atoms with Gasteiger partial charge in [0.25, 0.3) is 0 Å². The average Bonchev–Trinajstić information content (AvgIpc) is 3.85. The van der Waals surface area contributed by atoms with Gasteiger partial charge in [-0.05, 0) is 68.2 Å². The van der Waals surface area contributed by atoms with Gasteiger partial charge < -0.3 is 10.6 Å². The van der Waals surface area contributed by atoms with Gasteiger partial charge in [0.1, 0.15) is 0 Å². The molecule has 0 atom stereocenters. The lowest BCUT2D eigenvalue weighted by Gasteiger charge is -2.29. The molecular weight excluding hydrogens is 765 g/mol. The fourth-order valence-corrected chi connectivity index (χ4v) is 10.4. The average molecular weight is 819 g/mol. The summed E-state index contributed by atoms with van der Waals surface area (Å²) >= 11 is 2.72. The van der Waals surface area contributed by atoms with Crippen LogP contribution in [0.3, 0.4) is 0 Å². The van der Waals surface area contributed by atoms with Gasteiger partial charge in [-0.3, -0.25) is 9.59 Å². The summed E-state index contributed by atoms with van der Waals surface area (Å²) in [5.74, 6) is 1.05. The van der Waals surface area contributed by atoms with Crippen molar-refractivity contribution in [3.8, 4) is 22.5 Å². The number of carbonyl (C=O) groups excluding carboxylic acids is 2. The van der Waals surface area contributed by atoms with Crippen LogP contribution in [0, 0.1) is 11.8 Å². The number of unbranched alkanes of at least 4 members (excludes halogenated alkanes) is 1. The minimum atomic E-state index is -3.45. The molecule has 4 heterocycles. The molecule has 16 heteroatoms. The Labute approximate surface area is 330 Å². The minimum Gasteiger partial charge on any atom is -0.302 e. The fourth-order valence-electron chi connectivity index (χ4n) is 6.00. The summed E-state index contributed by atoms with van der Waals surface area (Å²) in [6.07, 6.45) is 6.35. The lowest BCUT2D eigenvalue weighted by atomic mass is 10.0. The van der Waals surface area contributed by atoms with E-state index >= 15 is 0 Å². The van der Waals surface area contributed by atoms with E-state index in [4.69, 9.17) is 0 Å². The van der Waals surface area contributed by atoms with E-state index in [1.54, 1.807) is 64.1 Å². The maximum absolute atomic E-state index is 12.8. The van der Waals surface area contributed by atoms with Crippen molar-refractivity contribution in [2.45, 2.75) is 88.9 Å². The molecule has 2 amide bonds. The van der Waals surface area contributed by atoms with E-state index < -0.39 is 20.0 Å². The monoisotopic (exact) mass is 818 g/mol. The van der Waals surface area contributed by atoms with Crippen LogP contribution in [0.25, 0.3) is 22.5 Å². The molecule has 4 aromatic rings. The number of piperidine rings is 2. The third-order valence-corrected chi connectivity index (χ3v) is 15.0. The second-order valence-corrected chi connectivity index (χ2v) is 19.4. The van der Waals surface area contributed by atoms with Crippen molar-refractivity contribution in [3.63, 3.8) is 0 Å². The summed E-state index contributed by atoms with van der Waals surface area (Å²) in [5.41, 5.74) is 3.10. The molecule has 0 aliphatic carbocycles. The molecule has 12 nitrogen and oxygen atoms in total. The summed E-state index contributed by atoms with van der Waals surface area (Å²) in [6.45, 7) is 10.5. The second-order valence-electron chi connectivity index (χ2n) is 13.9. The molecule has 0 spiro atoms. The molecule has 2 saturated heterocycles. The molecule has 0 radical (unpaired) electrons. The Morgan fingerprint density at radius 3 is 1.44 bits per heavy atom. The molecule has 54 heavy (non-hydrogen) atoms. The number of sulfonamides is 2. The number of rotatable bonds is 12. The van der Waals surface area contributed by atoms with Crippen molar-refractivity contribution in [1.29, 1.82) is 0 Å². The van der Waals surface area contributed by atoms with Crippen LogP contribution < -0.4 is 10.6 Å². The maximum atomic E-state index is 12.8. The van der Waals surface area contributed by atoms with E-state index in [1.807, 2.05) is 17.7 Å². The number of carbonyl (C=O) groups is 2. The molecule has 2 aromatic heterocycles. The number of benzene rings is 2. The van der Waals surface area contributed by atoms with Gasteiger partial charge in [0.15, 0.2) is 10.3 Å². The first-order chi connectivity index (χ1) is 25.8. The van der Waals surface area contributed by atoms with Gasteiger partial charge in [-0.25, -0.2) is 26.8 Å². The molecule has 2 fully saturated rings. The zero-order chi connectivity index (χ0) is 38.9. The van der Waals surface area contributed by atoms with Crippen LogP contribution in [-0.2, 0) is 29.6 Å². The molecule has 0 bridgehead atoms. The van der Waals surface area contributed by atoms with Crippen LogP contribution in [0.5, 0.6) is 0 Å². The summed E-state index contributed by atoms with van der Waals surface area (Å²) in [4.78, 5) is 32.7. The van der Waals surface area contributed by atoms with Crippen molar-refractivity contribution in [3.05, 3.63) is 59.3 Å². The summed E-state index contributed by atoms with van der Waals surface area (Å²) in [6, 6.07) is 13.6. The Hall–Kier alpha value is -3.54. The molecule has 0 unspecified atom stereocenters. The largest absolute Gasteiger partial charge is 0.302 e. The zero-order valence-electron chi connectivity index (χ0n) is 31.3. The van der Waals surface area contributed by atoms with E-state index in [2.05, 4.69) is 34.4 Å². The van der Waals surface area contributed by atoms with Crippen molar-refractivity contribution >= 4 is 64.8 Å². The molecule has 0 saturated carbocycles. The predicted octanol–water partition coefficient (Wildman–Crippen LogP) is 8.43. The first-order valence-electron chi connectivity index (χ1n) is 18.5. The minimum absolute atomic E-state index is 0. The highest BCUT2D eigenvalue weighted by Crippen LogP contribution is 2.30. The van der Waals surface area contributed by atoms with Gasteiger partial charge in [0.2, 0.25) is 31.9 Å². The Bertz CT molecular complexity index is 2080. The number of hydrogen-bond donors (Lipinski definition) is 2. The molecule has 2 aromatic carbocycles. The van der Waals surface area contributed by atoms with E-state index in [0.29, 0.717) is 70.9 Å². The highest BCUT2D eigenvalue weighted by Gasteiger charge is 2.29. The lowest BCUT2D eigenvalue weighted by Crippen LogP contribution is -2.37. The predicted molar refractivity (Wildman–Crippen MR) is 221 cm³/mol. The van der Waals surface area contributed by atoms with Crippen LogP contribution >= 0.6 is 22.7 Å². The SMILES string of the molecule is CCC(=O)Nc1nc(-c2ccc(S(=O)(=O)N3CCC(C)CC3)cc2)cs1.CCCCC(=O)Nc1nc(-c2ccc(S(=O)(=O)N3CCC(C)CC3)cc2)cs1.[HH].[HH]. The molecular formula is C38H54N6O6S4. The Balaban J connectivity index is 0.000000291. The van der Waals surface area contributed by atoms with Crippen molar-refractivity contribution in [2.24, 2.45) is 11.8 Å². The van der Waals surface area contributed by atoms with Gasteiger partial charge in [-0.15, -0.1) is 22.7 Å². The Morgan fingerprint density at radius 2 is 1.07 bits per heavy atom. The second kappa shape index (κ2) is 18.9. The van der Waals surface area contributed by atoms with Gasteiger partial charge in [0.05, 0.1) is 21.2 Å². The zero-order valence-corrected chi connectivity index (χ0v) is 34.6.